The SMILES string of the molecule is CC.CCCNC(N)=O.[B]C(=O)OCc1ccc(NC(=O)CNC(=O)C(NC(=O)OCCOCCNSNC(=O)OC)C(C)C)cc1. The molecule has 1 unspecified atom stereocenters. The number of ether oxygens (including phenoxy) is 4. The molecule has 0 heterocycles. The van der Waals surface area contributed by atoms with Gasteiger partial charge in [0, 0.05) is 30.9 Å². The molecule has 0 aliphatic carbocycles. The van der Waals surface area contributed by atoms with E-state index in [0.717, 1.165) is 18.6 Å². The molecule has 0 saturated carbocycles. The number of anilines is 1. The van der Waals surface area contributed by atoms with Gasteiger partial charge in [0.1, 0.15) is 19.3 Å². The van der Waals surface area contributed by atoms with E-state index in [4.69, 9.17) is 23.1 Å². The Morgan fingerprint density at radius 3 is 2.11 bits per heavy atom. The third-order valence-electron chi connectivity index (χ3n) is 5.01. The number of nitrogens with one attached hydrogen (secondary N) is 6. The number of amides is 6. The lowest BCUT2D eigenvalue weighted by molar-refractivity contribution is -0.126. The molecular weight excluding hydrogens is 637 g/mol. The lowest BCUT2D eigenvalue weighted by Crippen LogP contribution is -2.51. The summed E-state index contributed by atoms with van der Waals surface area (Å²) in [5.74, 6) is -2.19. The molecule has 0 spiro atoms. The monoisotopic (exact) mass is 685 g/mol. The van der Waals surface area contributed by atoms with Crippen LogP contribution < -0.4 is 36.4 Å². The summed E-state index contributed by atoms with van der Waals surface area (Å²) >= 11 is 0.946. The molecule has 0 aliphatic heterocycles. The van der Waals surface area contributed by atoms with E-state index < -0.39 is 41.9 Å². The maximum Gasteiger partial charge on any atom is 0.417 e. The topological polar surface area (TPSA) is 238 Å². The standard InChI is InChI=1S/C22H32BN5O9S.C4H10N2O.C2H6/c1-14(2)18(27-21(32)36-11-10-35-9-8-25-38-28-22(33)34-3)19(30)24-12-17(29)26-16-6-4-15(5-7-16)13-37-20(23)31;1-2-3-6-4(5)7;1-2/h4-7,14,18,25H,8-13H2,1-3H3,(H,24,30)(H,26,29)(H,27,32)(H,28,33);2-3H2,1H3,(H3,5,6,7);1-2H3. The fourth-order valence-corrected chi connectivity index (χ4v) is 3.28. The van der Waals surface area contributed by atoms with E-state index in [1.807, 2.05) is 20.8 Å². The highest BCUT2D eigenvalue weighted by Gasteiger charge is 2.25. The van der Waals surface area contributed by atoms with Gasteiger partial charge in [0.25, 0.3) is 0 Å². The number of urea groups is 1. The summed E-state index contributed by atoms with van der Waals surface area (Å²) in [6.45, 7) is 10.6. The second kappa shape index (κ2) is 29.2. The van der Waals surface area contributed by atoms with Crippen molar-refractivity contribution in [2.45, 2.75) is 53.7 Å². The van der Waals surface area contributed by atoms with Crippen LogP contribution in [0, 0.1) is 5.92 Å². The Bertz CT molecular complexity index is 1070. The van der Waals surface area contributed by atoms with Gasteiger partial charge in [-0.05, 0) is 30.0 Å². The molecule has 0 aromatic heterocycles. The Morgan fingerprint density at radius 1 is 0.915 bits per heavy atom. The van der Waals surface area contributed by atoms with Gasteiger partial charge in [-0.3, -0.25) is 19.1 Å². The van der Waals surface area contributed by atoms with Crippen molar-refractivity contribution in [3.05, 3.63) is 29.8 Å². The summed E-state index contributed by atoms with van der Waals surface area (Å²) < 4.78 is 24.6. The van der Waals surface area contributed by atoms with Crippen LogP contribution in [0.5, 0.6) is 0 Å². The maximum atomic E-state index is 12.5. The zero-order valence-electron chi connectivity index (χ0n) is 27.8. The molecule has 6 amide bonds. The molecule has 8 N–H and O–H groups in total. The molecule has 17 nitrogen and oxygen atoms in total. The van der Waals surface area contributed by atoms with Crippen molar-refractivity contribution in [1.29, 1.82) is 0 Å². The number of carbonyl (C=O) groups is 6. The molecule has 0 fully saturated rings. The second-order valence-corrected chi connectivity index (χ2v) is 9.76. The van der Waals surface area contributed by atoms with Crippen LogP contribution in [0.2, 0.25) is 0 Å². The van der Waals surface area contributed by atoms with E-state index in [2.05, 4.69) is 40.2 Å². The molecule has 1 aromatic carbocycles. The lowest BCUT2D eigenvalue weighted by Gasteiger charge is -2.21. The van der Waals surface area contributed by atoms with Crippen LogP contribution in [-0.2, 0) is 35.1 Å². The third kappa shape index (κ3) is 26.7. The molecule has 0 aliphatic rings. The van der Waals surface area contributed by atoms with Crippen LogP contribution in [0.1, 0.15) is 46.6 Å². The molecule has 47 heavy (non-hydrogen) atoms. The summed E-state index contributed by atoms with van der Waals surface area (Å²) in [5.41, 5.74) is 5.89. The highest BCUT2D eigenvalue weighted by atomic mass is 32.2. The van der Waals surface area contributed by atoms with Gasteiger partial charge in [0.05, 0.1) is 26.9 Å². The lowest BCUT2D eigenvalue weighted by atomic mass is 10.0. The minimum Gasteiger partial charge on any atom is -0.470 e. The van der Waals surface area contributed by atoms with Crippen molar-refractivity contribution in [2.75, 3.05) is 51.9 Å². The normalized spacial score (nSPS) is 10.4. The quantitative estimate of drug-likeness (QED) is 0.0508. The molecule has 2 radical (unpaired) electrons. The predicted molar refractivity (Wildman–Crippen MR) is 178 cm³/mol. The van der Waals surface area contributed by atoms with Crippen LogP contribution in [0.3, 0.4) is 0 Å². The van der Waals surface area contributed by atoms with Crippen molar-refractivity contribution >= 4 is 61.6 Å². The number of alkyl carbamates (subject to hydrolysis) is 1. The molecule has 19 heteroatoms. The third-order valence-corrected chi connectivity index (χ3v) is 5.63. The fraction of sp³-hybridized carbons (Fsp3) is 0.571. The zero-order chi connectivity index (χ0) is 36.0. The van der Waals surface area contributed by atoms with Gasteiger partial charge in [-0.1, -0.05) is 46.8 Å². The van der Waals surface area contributed by atoms with Crippen LogP contribution in [0.15, 0.2) is 24.3 Å². The predicted octanol–water partition coefficient (Wildman–Crippen LogP) is 1.91. The largest absolute Gasteiger partial charge is 0.470 e. The van der Waals surface area contributed by atoms with Crippen molar-refractivity contribution in [1.82, 2.24) is 25.4 Å². The van der Waals surface area contributed by atoms with Gasteiger partial charge in [-0.2, -0.15) is 0 Å². The Labute approximate surface area is 281 Å². The molecular formula is C28H48BN7O10S. The number of primary amides is 1. The summed E-state index contributed by atoms with van der Waals surface area (Å²) in [7, 11) is 6.17. The fourth-order valence-electron chi connectivity index (χ4n) is 2.85. The average Bonchev–Trinajstić information content (AvgIpc) is 3.04. The van der Waals surface area contributed by atoms with Crippen LogP contribution in [-0.4, -0.2) is 96.4 Å². The molecule has 264 valence electrons. The van der Waals surface area contributed by atoms with E-state index in [9.17, 15) is 28.8 Å². The van der Waals surface area contributed by atoms with Gasteiger partial charge < -0.3 is 45.9 Å². The first-order chi connectivity index (χ1) is 22.4. The van der Waals surface area contributed by atoms with Crippen molar-refractivity contribution < 1.29 is 47.7 Å². The molecule has 1 atom stereocenters. The summed E-state index contributed by atoms with van der Waals surface area (Å²) in [5, 5.41) is 10.0. The zero-order valence-corrected chi connectivity index (χ0v) is 28.6. The number of methoxy groups -OCH3 is 1. The van der Waals surface area contributed by atoms with E-state index in [-0.39, 0.29) is 32.3 Å². The number of nitrogens with two attached hydrogens (primary N) is 1. The van der Waals surface area contributed by atoms with E-state index in [1.54, 1.807) is 38.1 Å². The number of carbonyl (C=O) groups excluding carboxylic acids is 6. The minimum atomic E-state index is -0.927. The van der Waals surface area contributed by atoms with Crippen LogP contribution >= 0.6 is 12.1 Å². The summed E-state index contributed by atoms with van der Waals surface area (Å²) in [4.78, 5) is 68.2. The van der Waals surface area contributed by atoms with Crippen LogP contribution in [0.4, 0.5) is 24.9 Å². The molecule has 1 rings (SSSR count). The van der Waals surface area contributed by atoms with E-state index >= 15 is 0 Å². The maximum absolute atomic E-state index is 12.5. The highest BCUT2D eigenvalue weighted by molar-refractivity contribution is 7.96. The molecule has 1 aromatic rings. The first-order valence-electron chi connectivity index (χ1n) is 14.7. The number of hydrogen-bond donors (Lipinski definition) is 7. The number of hydrogen-bond acceptors (Lipinski definition) is 12. The smallest absolute Gasteiger partial charge is 0.417 e. The Kier molecular flexibility index (Phi) is 27.9. The van der Waals surface area contributed by atoms with Gasteiger partial charge in [-0.15, -0.1) is 0 Å². The Hall–Kier alpha value is -4.23. The van der Waals surface area contributed by atoms with Crippen molar-refractivity contribution in [2.24, 2.45) is 11.7 Å². The van der Waals surface area contributed by atoms with Gasteiger partial charge in [0.15, 0.2) is 0 Å². The van der Waals surface area contributed by atoms with Crippen molar-refractivity contribution in [3.63, 3.8) is 0 Å². The summed E-state index contributed by atoms with van der Waals surface area (Å²) in [6.07, 6.45) is -0.455. The van der Waals surface area contributed by atoms with Gasteiger partial charge >= 0.3 is 18.2 Å². The van der Waals surface area contributed by atoms with Crippen molar-refractivity contribution in [3.8, 4) is 0 Å². The van der Waals surface area contributed by atoms with Crippen LogP contribution in [0.25, 0.3) is 0 Å². The average molecular weight is 686 g/mol. The first kappa shape index (κ1) is 44.9. The molecule has 0 bridgehead atoms. The minimum absolute atomic E-state index is 0.00700. The van der Waals surface area contributed by atoms with E-state index in [0.29, 0.717) is 30.9 Å². The molecule has 0 saturated heterocycles. The number of rotatable bonds is 18. The second-order valence-electron chi connectivity index (χ2n) is 9.07. The Morgan fingerprint density at radius 2 is 1.57 bits per heavy atom. The number of benzene rings is 1. The van der Waals surface area contributed by atoms with E-state index in [1.165, 1.54) is 7.11 Å². The highest BCUT2D eigenvalue weighted by Crippen LogP contribution is 2.10. The Balaban J connectivity index is 0. The first-order valence-corrected chi connectivity index (χ1v) is 15.6. The van der Waals surface area contributed by atoms with Gasteiger partial charge in [-0.25, -0.2) is 19.1 Å². The summed E-state index contributed by atoms with van der Waals surface area (Å²) in [6, 6.07) is 5.14. The van der Waals surface area contributed by atoms with Gasteiger partial charge in [0.2, 0.25) is 25.5 Å².